The van der Waals surface area contributed by atoms with E-state index in [0.29, 0.717) is 12.2 Å². The summed E-state index contributed by atoms with van der Waals surface area (Å²) in [6.07, 6.45) is 0. The van der Waals surface area contributed by atoms with Gasteiger partial charge in [-0.1, -0.05) is 31.0 Å². The summed E-state index contributed by atoms with van der Waals surface area (Å²) in [5.41, 5.74) is 1.50. The molecule has 0 amide bonds. The Morgan fingerprint density at radius 3 is 2.79 bits per heavy atom. The van der Waals surface area contributed by atoms with Crippen molar-refractivity contribution in [2.24, 2.45) is 0 Å². The van der Waals surface area contributed by atoms with Crippen LogP contribution in [0.5, 0.6) is 0 Å². The Bertz CT molecular complexity index is 604. The molecule has 0 spiro atoms. The molecule has 2 rings (SSSR count). The average Bonchev–Trinajstić information content (AvgIpc) is 2.67. The van der Waals surface area contributed by atoms with Crippen molar-refractivity contribution in [1.29, 1.82) is 0 Å². The first kappa shape index (κ1) is 14.0. The van der Waals surface area contributed by atoms with Gasteiger partial charge in [0.05, 0.1) is 22.4 Å². The van der Waals surface area contributed by atoms with Crippen molar-refractivity contribution < 1.29 is 9.53 Å². The van der Waals surface area contributed by atoms with E-state index in [9.17, 15) is 4.79 Å². The van der Waals surface area contributed by atoms with Crippen molar-refractivity contribution in [2.45, 2.75) is 26.6 Å². The number of hydrogen-bond donors (Lipinski definition) is 1. The summed E-state index contributed by atoms with van der Waals surface area (Å²) >= 11 is 1.58. The number of esters is 1. The number of hydrogen-bond acceptors (Lipinski definition) is 5. The largest absolute Gasteiger partial charge is 0.462 e. The van der Waals surface area contributed by atoms with E-state index < -0.39 is 8.24 Å². The number of ether oxygens (including phenoxy) is 1. The summed E-state index contributed by atoms with van der Waals surface area (Å²) in [6.45, 7) is 8.87. The molecule has 0 saturated carbocycles. The lowest BCUT2D eigenvalue weighted by Crippen LogP contribution is -2.31. The summed E-state index contributed by atoms with van der Waals surface area (Å²) < 4.78 is 6.01. The second-order valence-electron chi connectivity index (χ2n) is 5.30. The molecule has 0 unspecified atom stereocenters. The summed E-state index contributed by atoms with van der Waals surface area (Å²) in [7, 11) is -1.40. The lowest BCUT2D eigenvalue weighted by molar-refractivity contribution is 0.0526. The number of aromatic nitrogens is 1. The van der Waals surface area contributed by atoms with Crippen molar-refractivity contribution in [1.82, 2.24) is 4.98 Å². The van der Waals surface area contributed by atoms with Gasteiger partial charge in [-0.25, -0.2) is 9.78 Å². The van der Waals surface area contributed by atoms with E-state index in [2.05, 4.69) is 29.6 Å². The Morgan fingerprint density at radius 1 is 1.42 bits per heavy atom. The highest BCUT2D eigenvalue weighted by atomic mass is 32.1. The molecule has 0 bridgehead atoms. The number of carbonyl (C=O) groups excluding carboxylic acids is 1. The minimum atomic E-state index is -1.40. The molecule has 0 aliphatic heterocycles. The van der Waals surface area contributed by atoms with Crippen LogP contribution in [0.1, 0.15) is 17.3 Å². The number of carbonyl (C=O) groups is 1. The molecule has 1 heterocycles. The second kappa shape index (κ2) is 5.30. The van der Waals surface area contributed by atoms with Crippen LogP contribution in [-0.4, -0.2) is 25.8 Å². The van der Waals surface area contributed by atoms with Gasteiger partial charge in [-0.2, -0.15) is 0 Å². The average molecular weight is 294 g/mol. The fourth-order valence-electron chi connectivity index (χ4n) is 1.64. The van der Waals surface area contributed by atoms with Crippen LogP contribution in [0.4, 0.5) is 5.13 Å². The normalized spacial score (nSPS) is 11.6. The third-order valence-corrected chi connectivity index (χ3v) is 4.48. The third kappa shape index (κ3) is 3.54. The molecule has 2 aromatic rings. The number of anilines is 1. The highest BCUT2D eigenvalue weighted by Gasteiger charge is 2.16. The summed E-state index contributed by atoms with van der Waals surface area (Å²) in [4.78, 5) is 19.7. The number of nitrogens with zero attached hydrogens (tertiary/aromatic N) is 1. The molecule has 19 heavy (non-hydrogen) atoms. The molecular weight excluding hydrogens is 276 g/mol. The Morgan fingerprint density at radius 2 is 2.16 bits per heavy atom. The Kier molecular flexibility index (Phi) is 3.91. The smallest absolute Gasteiger partial charge is 0.338 e. The Balaban J connectivity index is 2.31. The summed E-state index contributed by atoms with van der Waals surface area (Å²) in [5.74, 6) is -0.280. The number of rotatable bonds is 4. The van der Waals surface area contributed by atoms with Gasteiger partial charge in [-0.3, -0.25) is 0 Å². The monoisotopic (exact) mass is 294 g/mol. The van der Waals surface area contributed by atoms with E-state index in [0.717, 1.165) is 15.3 Å². The lowest BCUT2D eigenvalue weighted by atomic mass is 10.2. The van der Waals surface area contributed by atoms with E-state index in [1.165, 1.54) is 0 Å². The third-order valence-electron chi connectivity index (χ3n) is 2.38. The van der Waals surface area contributed by atoms with Gasteiger partial charge in [0.25, 0.3) is 0 Å². The van der Waals surface area contributed by atoms with E-state index in [1.54, 1.807) is 24.3 Å². The highest BCUT2D eigenvalue weighted by molar-refractivity contribution is 7.22. The Labute approximate surface area is 117 Å². The zero-order valence-electron chi connectivity index (χ0n) is 11.6. The maximum absolute atomic E-state index is 11.7. The van der Waals surface area contributed by atoms with Crippen LogP contribution in [0.2, 0.25) is 19.6 Å². The minimum absolute atomic E-state index is 0.280. The van der Waals surface area contributed by atoms with Gasteiger partial charge in [-0.15, -0.1) is 0 Å². The summed E-state index contributed by atoms with van der Waals surface area (Å²) in [6, 6.07) is 5.48. The first-order chi connectivity index (χ1) is 8.89. The molecule has 102 valence electrons. The van der Waals surface area contributed by atoms with Crippen LogP contribution >= 0.6 is 11.3 Å². The number of thiazole rings is 1. The maximum Gasteiger partial charge on any atom is 0.338 e. The maximum atomic E-state index is 11.7. The van der Waals surface area contributed by atoms with Crippen LogP contribution in [-0.2, 0) is 4.74 Å². The first-order valence-electron chi connectivity index (χ1n) is 6.25. The lowest BCUT2D eigenvalue weighted by Gasteiger charge is -2.16. The van der Waals surface area contributed by atoms with Gasteiger partial charge in [-0.05, 0) is 25.1 Å². The molecular formula is C13H18N2O2SSi. The van der Waals surface area contributed by atoms with Crippen LogP contribution in [0, 0.1) is 0 Å². The molecule has 0 saturated heterocycles. The van der Waals surface area contributed by atoms with Gasteiger partial charge in [0.15, 0.2) is 5.13 Å². The molecule has 1 aromatic heterocycles. The van der Waals surface area contributed by atoms with Crippen molar-refractivity contribution in [3.63, 3.8) is 0 Å². The quantitative estimate of drug-likeness (QED) is 0.689. The standard InChI is InChI=1S/C13H18N2O2SSi/c1-5-17-12(16)9-6-7-10-11(8-9)18-13(14-10)15-19(2,3)4/h6-8H,5H2,1-4H3,(H,14,15). The zero-order valence-corrected chi connectivity index (χ0v) is 13.4. The number of nitrogens with one attached hydrogen (secondary N) is 1. The van der Waals surface area contributed by atoms with Crippen molar-refractivity contribution in [3.05, 3.63) is 23.8 Å². The zero-order chi connectivity index (χ0) is 14.0. The van der Waals surface area contributed by atoms with Crippen LogP contribution < -0.4 is 4.98 Å². The Hall–Kier alpha value is -1.40. The van der Waals surface area contributed by atoms with E-state index in [-0.39, 0.29) is 5.97 Å². The summed E-state index contributed by atoms with van der Waals surface area (Å²) in [5, 5.41) is 0.926. The number of benzene rings is 1. The molecule has 1 aromatic carbocycles. The van der Waals surface area contributed by atoms with Gasteiger partial charge >= 0.3 is 5.97 Å². The molecule has 0 radical (unpaired) electrons. The van der Waals surface area contributed by atoms with Crippen LogP contribution in [0.25, 0.3) is 10.2 Å². The van der Waals surface area contributed by atoms with Crippen LogP contribution in [0.3, 0.4) is 0 Å². The molecule has 1 N–H and O–H groups in total. The number of fused-ring (bicyclic) bond motifs is 1. The van der Waals surface area contributed by atoms with E-state index in [1.807, 2.05) is 12.1 Å². The van der Waals surface area contributed by atoms with Gasteiger partial charge in [0.1, 0.15) is 8.24 Å². The van der Waals surface area contributed by atoms with Gasteiger partial charge in [0.2, 0.25) is 0 Å². The minimum Gasteiger partial charge on any atom is -0.462 e. The molecule has 0 atom stereocenters. The molecule has 0 fully saturated rings. The second-order valence-corrected chi connectivity index (χ2v) is 11.1. The SMILES string of the molecule is CCOC(=O)c1ccc2nc(N[Si](C)(C)C)sc2c1. The molecule has 0 aliphatic carbocycles. The first-order valence-corrected chi connectivity index (χ1v) is 10.6. The van der Waals surface area contributed by atoms with Crippen molar-refractivity contribution in [2.75, 3.05) is 11.6 Å². The van der Waals surface area contributed by atoms with Crippen molar-refractivity contribution >= 4 is 40.9 Å². The topological polar surface area (TPSA) is 51.2 Å². The molecule has 4 nitrogen and oxygen atoms in total. The van der Waals surface area contributed by atoms with Gasteiger partial charge < -0.3 is 9.72 Å². The fraction of sp³-hybridized carbons (Fsp3) is 0.385. The van der Waals surface area contributed by atoms with Crippen LogP contribution in [0.15, 0.2) is 18.2 Å². The highest BCUT2D eigenvalue weighted by Crippen LogP contribution is 2.28. The predicted molar refractivity (Wildman–Crippen MR) is 82.5 cm³/mol. The van der Waals surface area contributed by atoms with E-state index in [4.69, 9.17) is 4.74 Å². The van der Waals surface area contributed by atoms with E-state index >= 15 is 0 Å². The predicted octanol–water partition coefficient (Wildman–Crippen LogP) is 3.72. The fourth-order valence-corrected chi connectivity index (χ4v) is 4.22. The van der Waals surface area contributed by atoms with Gasteiger partial charge in [0, 0.05) is 0 Å². The molecule has 6 heteroatoms. The van der Waals surface area contributed by atoms with Crippen molar-refractivity contribution in [3.8, 4) is 0 Å². The molecule has 0 aliphatic rings.